The smallest absolute Gasteiger partial charge is 0.306 e. The Hall–Kier alpha value is -3.74. The van der Waals surface area contributed by atoms with Crippen molar-refractivity contribution in [3.8, 4) is 28.5 Å². The molecule has 0 unspecified atom stereocenters. The molecule has 37 heavy (non-hydrogen) atoms. The third-order valence-electron chi connectivity index (χ3n) is 5.98. The van der Waals surface area contributed by atoms with Crippen LogP contribution in [0.3, 0.4) is 0 Å². The lowest BCUT2D eigenvalue weighted by Gasteiger charge is -2.19. The average molecular weight is 502 g/mol. The maximum Gasteiger partial charge on any atom is 0.306 e. The number of benzene rings is 1. The Morgan fingerprint density at radius 3 is 2.49 bits per heavy atom. The largest absolute Gasteiger partial charge is 0.474 e. The average Bonchev–Trinajstić information content (AvgIpc) is 3.27. The number of pyridine rings is 1. The highest BCUT2D eigenvalue weighted by atomic mass is 16.6. The van der Waals surface area contributed by atoms with Gasteiger partial charge in [0.25, 0.3) is 0 Å². The van der Waals surface area contributed by atoms with Gasteiger partial charge < -0.3 is 13.9 Å². The highest BCUT2D eigenvalue weighted by molar-refractivity contribution is 6.02. The number of furan rings is 1. The molecule has 194 valence electrons. The van der Waals surface area contributed by atoms with E-state index in [4.69, 9.17) is 13.9 Å². The fourth-order valence-corrected chi connectivity index (χ4v) is 4.20. The monoisotopic (exact) mass is 501 g/mol. The lowest BCUT2D eigenvalue weighted by Crippen LogP contribution is -2.23. The minimum absolute atomic E-state index is 0.111. The van der Waals surface area contributed by atoms with E-state index in [-0.39, 0.29) is 12.1 Å². The molecule has 3 heterocycles. The molecule has 1 aromatic carbocycles. The van der Waals surface area contributed by atoms with Gasteiger partial charge in [0.2, 0.25) is 11.6 Å². The number of nitrogens with zero attached hydrogens (tertiary/aromatic N) is 3. The van der Waals surface area contributed by atoms with E-state index in [0.717, 1.165) is 47.9 Å². The van der Waals surface area contributed by atoms with Gasteiger partial charge in [-0.05, 0) is 76.6 Å². The quantitative estimate of drug-likeness (QED) is 0.168. The molecule has 0 saturated heterocycles. The van der Waals surface area contributed by atoms with Gasteiger partial charge in [0.15, 0.2) is 5.76 Å². The summed E-state index contributed by atoms with van der Waals surface area (Å²) in [6, 6.07) is 14.1. The number of esters is 1. The van der Waals surface area contributed by atoms with E-state index in [1.165, 1.54) is 11.9 Å². The number of ether oxygens (including phenoxy) is 2. The molecule has 3 aromatic heterocycles. The lowest BCUT2D eigenvalue weighted by molar-refractivity contribution is -0.154. The van der Waals surface area contributed by atoms with Gasteiger partial charge in [0.05, 0.1) is 6.10 Å². The van der Waals surface area contributed by atoms with E-state index < -0.39 is 5.60 Å². The van der Waals surface area contributed by atoms with Gasteiger partial charge in [0, 0.05) is 18.2 Å². The number of carbonyl (C=O) groups excluding carboxylic acids is 1. The first-order valence-electron chi connectivity index (χ1n) is 12.9. The number of carbonyl (C=O) groups is 1. The predicted octanol–water partition coefficient (Wildman–Crippen LogP) is 7.18. The van der Waals surface area contributed by atoms with E-state index >= 15 is 0 Å². The molecule has 0 aliphatic heterocycles. The summed E-state index contributed by atoms with van der Waals surface area (Å²) in [5.41, 5.74) is 3.82. The summed E-state index contributed by atoms with van der Waals surface area (Å²) in [7, 11) is 0. The Kier molecular flexibility index (Phi) is 8.21. The zero-order chi connectivity index (χ0) is 26.4. The highest BCUT2D eigenvalue weighted by Gasteiger charge is 2.24. The van der Waals surface area contributed by atoms with E-state index in [2.05, 4.69) is 46.1 Å². The number of unbranched alkanes of at least 4 members (excludes halogenated alkanes) is 1. The van der Waals surface area contributed by atoms with Crippen LogP contribution in [0.5, 0.6) is 5.88 Å². The summed E-state index contributed by atoms with van der Waals surface area (Å²) in [6.45, 7) is 9.79. The van der Waals surface area contributed by atoms with Crippen LogP contribution in [-0.2, 0) is 16.0 Å². The van der Waals surface area contributed by atoms with Crippen LogP contribution in [0.25, 0.3) is 33.7 Å². The van der Waals surface area contributed by atoms with Gasteiger partial charge in [-0.25, -0.2) is 9.97 Å². The molecular formula is C30H35N3O4. The van der Waals surface area contributed by atoms with Crippen molar-refractivity contribution in [2.75, 3.05) is 0 Å². The molecule has 7 nitrogen and oxygen atoms in total. The summed E-state index contributed by atoms with van der Waals surface area (Å²) in [4.78, 5) is 25.4. The molecule has 1 atom stereocenters. The van der Waals surface area contributed by atoms with Gasteiger partial charge in [0.1, 0.15) is 23.0 Å². The Balaban J connectivity index is 1.58. The SMILES string of the molecule is CCc1ccc(-c2c(-c3ccccn3)oc3ncnc(O[C@H](C)CCCCC(=O)OC(C)(C)C)c23)cc1. The molecule has 0 aliphatic rings. The third-order valence-corrected chi connectivity index (χ3v) is 5.98. The standard InChI is InChI=1S/C30H35N3O4/c1-6-21-14-16-22(17-15-21)25-26-28(35-20(2)11-7-8-13-24(34)37-30(3,4)5)32-19-33-29(26)36-27(25)23-12-9-10-18-31-23/h9-10,12,14-20H,6-8,11,13H2,1-5H3/t20-/m1/s1. The fourth-order valence-electron chi connectivity index (χ4n) is 4.20. The zero-order valence-corrected chi connectivity index (χ0v) is 22.3. The van der Waals surface area contributed by atoms with Gasteiger partial charge in [-0.3, -0.25) is 9.78 Å². The van der Waals surface area contributed by atoms with Gasteiger partial charge in [-0.15, -0.1) is 0 Å². The van der Waals surface area contributed by atoms with Crippen LogP contribution in [-0.4, -0.2) is 32.6 Å². The van der Waals surface area contributed by atoms with E-state index in [0.29, 0.717) is 23.8 Å². The lowest BCUT2D eigenvalue weighted by atomic mass is 9.99. The Labute approximate surface area is 218 Å². The number of hydrogen-bond acceptors (Lipinski definition) is 7. The molecule has 4 rings (SSSR count). The van der Waals surface area contributed by atoms with Crippen molar-refractivity contribution in [3.05, 3.63) is 60.6 Å². The molecule has 0 N–H and O–H groups in total. The van der Waals surface area contributed by atoms with Crippen LogP contribution in [0.15, 0.2) is 59.4 Å². The topological polar surface area (TPSA) is 87.3 Å². The Morgan fingerprint density at radius 1 is 1.03 bits per heavy atom. The maximum atomic E-state index is 12.0. The Bertz CT molecular complexity index is 1320. The van der Waals surface area contributed by atoms with Crippen LogP contribution in [0.1, 0.15) is 65.9 Å². The molecule has 0 saturated carbocycles. The van der Waals surface area contributed by atoms with E-state index in [1.807, 2.05) is 45.9 Å². The zero-order valence-electron chi connectivity index (χ0n) is 22.3. The van der Waals surface area contributed by atoms with Crippen molar-refractivity contribution in [2.45, 2.75) is 78.4 Å². The van der Waals surface area contributed by atoms with Crippen LogP contribution in [0, 0.1) is 0 Å². The minimum atomic E-state index is -0.459. The number of aryl methyl sites for hydroxylation is 1. The van der Waals surface area contributed by atoms with Crippen LogP contribution in [0.4, 0.5) is 0 Å². The summed E-state index contributed by atoms with van der Waals surface area (Å²) in [5.74, 6) is 0.943. The number of fused-ring (bicyclic) bond motifs is 1. The van der Waals surface area contributed by atoms with Crippen LogP contribution < -0.4 is 4.74 Å². The number of rotatable bonds is 10. The highest BCUT2D eigenvalue weighted by Crippen LogP contribution is 2.43. The second-order valence-corrected chi connectivity index (χ2v) is 10.2. The molecule has 4 aromatic rings. The predicted molar refractivity (Wildman–Crippen MR) is 144 cm³/mol. The first kappa shape index (κ1) is 26.3. The first-order chi connectivity index (χ1) is 17.7. The van der Waals surface area contributed by atoms with Gasteiger partial charge in [-0.2, -0.15) is 0 Å². The van der Waals surface area contributed by atoms with Crippen molar-refractivity contribution in [3.63, 3.8) is 0 Å². The molecule has 0 radical (unpaired) electrons. The minimum Gasteiger partial charge on any atom is -0.474 e. The van der Waals surface area contributed by atoms with Crippen LogP contribution in [0.2, 0.25) is 0 Å². The molecular weight excluding hydrogens is 466 g/mol. The normalized spacial score (nSPS) is 12.5. The summed E-state index contributed by atoms with van der Waals surface area (Å²) >= 11 is 0. The van der Waals surface area contributed by atoms with Gasteiger partial charge in [-0.1, -0.05) is 37.3 Å². The molecule has 0 amide bonds. The molecule has 0 fully saturated rings. The molecule has 7 heteroatoms. The van der Waals surface area contributed by atoms with Crippen molar-refractivity contribution in [1.82, 2.24) is 15.0 Å². The van der Waals surface area contributed by atoms with Crippen molar-refractivity contribution in [2.24, 2.45) is 0 Å². The Morgan fingerprint density at radius 2 is 1.81 bits per heavy atom. The summed E-state index contributed by atoms with van der Waals surface area (Å²) in [6.07, 6.45) is 6.81. The molecule has 0 bridgehead atoms. The van der Waals surface area contributed by atoms with Crippen molar-refractivity contribution < 1.29 is 18.7 Å². The maximum absolute atomic E-state index is 12.0. The third kappa shape index (κ3) is 6.73. The second kappa shape index (κ2) is 11.5. The second-order valence-electron chi connectivity index (χ2n) is 10.2. The van der Waals surface area contributed by atoms with Crippen molar-refractivity contribution in [1.29, 1.82) is 0 Å². The summed E-state index contributed by atoms with van der Waals surface area (Å²) < 4.78 is 18.0. The fraction of sp³-hybridized carbons (Fsp3) is 0.400. The number of hydrogen-bond donors (Lipinski definition) is 0. The van der Waals surface area contributed by atoms with E-state index in [1.54, 1.807) is 6.20 Å². The van der Waals surface area contributed by atoms with Gasteiger partial charge >= 0.3 is 5.97 Å². The van der Waals surface area contributed by atoms with Crippen LogP contribution >= 0.6 is 0 Å². The van der Waals surface area contributed by atoms with E-state index in [9.17, 15) is 4.79 Å². The first-order valence-corrected chi connectivity index (χ1v) is 12.9. The molecule has 0 aliphatic carbocycles. The summed E-state index contributed by atoms with van der Waals surface area (Å²) in [5, 5.41) is 0.730. The molecule has 0 spiro atoms. The number of aromatic nitrogens is 3. The van der Waals surface area contributed by atoms with Crippen molar-refractivity contribution >= 4 is 17.1 Å².